The van der Waals surface area contributed by atoms with Gasteiger partial charge in [-0.25, -0.2) is 4.79 Å². The molecule has 0 saturated heterocycles. The van der Waals surface area contributed by atoms with Crippen molar-refractivity contribution >= 4 is 6.03 Å². The molecule has 0 radical (unpaired) electrons. The Balaban J connectivity index is 1.23. The minimum atomic E-state index is 0.0306. The predicted molar refractivity (Wildman–Crippen MR) is 87.5 cm³/mol. The minimum Gasteiger partial charge on any atom is -0.338 e. The van der Waals surface area contributed by atoms with Crippen molar-refractivity contribution in [3.8, 4) is 0 Å². The SMILES string of the molecule is O=C(NCCc1ccccc1)N[C@@H]1C[C@H]2C[C@H]1[C@H]1CCC[C@H]21. The second-order valence-corrected chi connectivity index (χ2v) is 7.40. The summed E-state index contributed by atoms with van der Waals surface area (Å²) in [5.41, 5.74) is 1.27. The molecule has 118 valence electrons. The highest BCUT2D eigenvalue weighted by molar-refractivity contribution is 5.74. The van der Waals surface area contributed by atoms with Gasteiger partial charge in [-0.2, -0.15) is 0 Å². The third kappa shape index (κ3) is 2.62. The van der Waals surface area contributed by atoms with Gasteiger partial charge in [-0.05, 0) is 61.3 Å². The Morgan fingerprint density at radius 3 is 2.73 bits per heavy atom. The van der Waals surface area contributed by atoms with Gasteiger partial charge in [0.2, 0.25) is 0 Å². The Morgan fingerprint density at radius 1 is 1.05 bits per heavy atom. The number of nitrogens with one attached hydrogen (secondary N) is 2. The normalized spacial score (nSPS) is 35.4. The summed E-state index contributed by atoms with van der Waals surface area (Å²) in [5, 5.41) is 6.29. The van der Waals surface area contributed by atoms with Gasteiger partial charge in [0.1, 0.15) is 0 Å². The summed E-state index contributed by atoms with van der Waals surface area (Å²) in [6.45, 7) is 0.711. The zero-order valence-electron chi connectivity index (χ0n) is 13.1. The molecule has 4 rings (SSSR count). The quantitative estimate of drug-likeness (QED) is 0.879. The van der Waals surface area contributed by atoms with Crippen LogP contribution in [0.5, 0.6) is 0 Å². The number of carbonyl (C=O) groups is 1. The first kappa shape index (κ1) is 14.1. The van der Waals surface area contributed by atoms with Gasteiger partial charge in [0.25, 0.3) is 0 Å². The maximum absolute atomic E-state index is 12.1. The van der Waals surface area contributed by atoms with Crippen LogP contribution in [0.15, 0.2) is 30.3 Å². The van der Waals surface area contributed by atoms with Crippen molar-refractivity contribution in [2.45, 2.75) is 44.6 Å². The highest BCUT2D eigenvalue weighted by atomic mass is 16.2. The molecule has 3 aliphatic rings. The summed E-state index contributed by atoms with van der Waals surface area (Å²) in [6, 6.07) is 10.8. The topological polar surface area (TPSA) is 41.1 Å². The molecule has 1 aromatic rings. The summed E-state index contributed by atoms with van der Waals surface area (Å²) >= 11 is 0. The molecule has 3 nitrogen and oxygen atoms in total. The molecule has 22 heavy (non-hydrogen) atoms. The molecule has 5 atom stereocenters. The zero-order valence-corrected chi connectivity index (χ0v) is 13.1. The smallest absolute Gasteiger partial charge is 0.315 e. The first-order chi connectivity index (χ1) is 10.8. The molecular formula is C19H26N2O. The Bertz CT molecular complexity index is 529. The van der Waals surface area contributed by atoms with E-state index in [9.17, 15) is 4.79 Å². The lowest BCUT2D eigenvalue weighted by molar-refractivity contribution is 0.198. The number of hydrogen-bond donors (Lipinski definition) is 2. The van der Waals surface area contributed by atoms with E-state index in [4.69, 9.17) is 0 Å². The van der Waals surface area contributed by atoms with E-state index < -0.39 is 0 Å². The van der Waals surface area contributed by atoms with Crippen molar-refractivity contribution in [2.24, 2.45) is 23.7 Å². The Hall–Kier alpha value is -1.51. The molecule has 0 aromatic heterocycles. The van der Waals surface area contributed by atoms with Crippen LogP contribution in [-0.2, 0) is 6.42 Å². The van der Waals surface area contributed by atoms with Gasteiger partial charge in [-0.1, -0.05) is 36.8 Å². The van der Waals surface area contributed by atoms with Crippen molar-refractivity contribution in [3.05, 3.63) is 35.9 Å². The average Bonchev–Trinajstić information content (AvgIpc) is 3.20. The fourth-order valence-electron chi connectivity index (χ4n) is 5.42. The fourth-order valence-corrected chi connectivity index (χ4v) is 5.42. The number of carbonyl (C=O) groups excluding carboxylic acids is 1. The molecule has 0 spiro atoms. The molecule has 2 amide bonds. The van der Waals surface area contributed by atoms with Gasteiger partial charge >= 0.3 is 6.03 Å². The lowest BCUT2D eigenvalue weighted by atomic mass is 9.79. The molecule has 2 N–H and O–H groups in total. The molecule has 0 aliphatic heterocycles. The number of benzene rings is 1. The van der Waals surface area contributed by atoms with E-state index in [-0.39, 0.29) is 6.03 Å². The van der Waals surface area contributed by atoms with Crippen LogP contribution in [0.2, 0.25) is 0 Å². The maximum atomic E-state index is 12.1. The van der Waals surface area contributed by atoms with Crippen molar-refractivity contribution < 1.29 is 4.79 Å². The lowest BCUT2D eigenvalue weighted by Crippen LogP contribution is -2.47. The van der Waals surface area contributed by atoms with E-state index in [1.807, 2.05) is 18.2 Å². The fraction of sp³-hybridized carbons (Fsp3) is 0.632. The third-order valence-electron chi connectivity index (χ3n) is 6.29. The van der Waals surface area contributed by atoms with E-state index in [1.165, 1.54) is 37.7 Å². The number of urea groups is 1. The Labute approximate surface area is 132 Å². The lowest BCUT2D eigenvalue weighted by Gasteiger charge is -2.32. The van der Waals surface area contributed by atoms with E-state index in [1.54, 1.807) is 0 Å². The van der Waals surface area contributed by atoms with Gasteiger partial charge in [-0.3, -0.25) is 0 Å². The molecule has 2 bridgehead atoms. The van der Waals surface area contributed by atoms with Gasteiger partial charge in [0.05, 0.1) is 0 Å². The highest BCUT2D eigenvalue weighted by Gasteiger charge is 2.53. The Morgan fingerprint density at radius 2 is 1.86 bits per heavy atom. The summed E-state index contributed by atoms with van der Waals surface area (Å²) in [6.07, 6.45) is 7.75. The average molecular weight is 298 g/mol. The van der Waals surface area contributed by atoms with Crippen LogP contribution >= 0.6 is 0 Å². The molecule has 1 aromatic carbocycles. The van der Waals surface area contributed by atoms with Gasteiger partial charge in [-0.15, -0.1) is 0 Å². The van der Waals surface area contributed by atoms with Gasteiger partial charge < -0.3 is 10.6 Å². The van der Waals surface area contributed by atoms with Crippen molar-refractivity contribution in [3.63, 3.8) is 0 Å². The number of rotatable bonds is 4. The Kier molecular flexibility index (Phi) is 3.81. The molecule has 3 fully saturated rings. The molecule has 3 heteroatoms. The van der Waals surface area contributed by atoms with E-state index in [2.05, 4.69) is 22.8 Å². The maximum Gasteiger partial charge on any atom is 0.315 e. The number of hydrogen-bond acceptors (Lipinski definition) is 1. The monoisotopic (exact) mass is 298 g/mol. The zero-order chi connectivity index (χ0) is 14.9. The molecule has 3 saturated carbocycles. The first-order valence-corrected chi connectivity index (χ1v) is 8.89. The van der Waals surface area contributed by atoms with Crippen LogP contribution < -0.4 is 10.6 Å². The summed E-state index contributed by atoms with van der Waals surface area (Å²) in [4.78, 5) is 12.1. The third-order valence-corrected chi connectivity index (χ3v) is 6.29. The molecule has 0 heterocycles. The van der Waals surface area contributed by atoms with Crippen LogP contribution in [0.3, 0.4) is 0 Å². The van der Waals surface area contributed by atoms with Crippen LogP contribution in [0.25, 0.3) is 0 Å². The predicted octanol–water partition coefficient (Wildman–Crippen LogP) is 3.35. The standard InChI is InChI=1S/C19H26N2O/c22-19(20-10-9-13-5-2-1-3-6-13)21-18-12-14-11-17(18)16-8-4-7-15(14)16/h1-3,5-6,14-18H,4,7-12H2,(H2,20,21,22)/t14-,15-,16+,17+,18-/m1/s1. The summed E-state index contributed by atoms with van der Waals surface area (Å²) < 4.78 is 0. The van der Waals surface area contributed by atoms with Gasteiger partial charge in [0.15, 0.2) is 0 Å². The van der Waals surface area contributed by atoms with Crippen LogP contribution in [0, 0.1) is 23.7 Å². The first-order valence-electron chi connectivity index (χ1n) is 8.89. The van der Waals surface area contributed by atoms with E-state index in [0.29, 0.717) is 12.6 Å². The second kappa shape index (κ2) is 5.94. The second-order valence-electron chi connectivity index (χ2n) is 7.40. The van der Waals surface area contributed by atoms with Gasteiger partial charge in [0, 0.05) is 12.6 Å². The summed E-state index contributed by atoms with van der Waals surface area (Å²) in [5.74, 6) is 3.56. The highest BCUT2D eigenvalue weighted by Crippen LogP contribution is 2.58. The van der Waals surface area contributed by atoms with Crippen molar-refractivity contribution in [1.82, 2.24) is 10.6 Å². The number of fused-ring (bicyclic) bond motifs is 5. The van der Waals surface area contributed by atoms with Crippen LogP contribution in [-0.4, -0.2) is 18.6 Å². The van der Waals surface area contributed by atoms with Crippen molar-refractivity contribution in [2.75, 3.05) is 6.54 Å². The summed E-state index contributed by atoms with van der Waals surface area (Å²) in [7, 11) is 0. The van der Waals surface area contributed by atoms with Crippen LogP contribution in [0.4, 0.5) is 4.79 Å². The number of amides is 2. The van der Waals surface area contributed by atoms with E-state index in [0.717, 1.165) is 30.1 Å². The minimum absolute atomic E-state index is 0.0306. The molecule has 0 unspecified atom stereocenters. The van der Waals surface area contributed by atoms with E-state index >= 15 is 0 Å². The van der Waals surface area contributed by atoms with Crippen molar-refractivity contribution in [1.29, 1.82) is 0 Å². The largest absolute Gasteiger partial charge is 0.338 e. The molecular weight excluding hydrogens is 272 g/mol. The van der Waals surface area contributed by atoms with Crippen LogP contribution in [0.1, 0.15) is 37.7 Å². The molecule has 3 aliphatic carbocycles.